The van der Waals surface area contributed by atoms with E-state index >= 15 is 0 Å². The van der Waals surface area contributed by atoms with E-state index in [0.29, 0.717) is 35.4 Å². The number of halogens is 1. The van der Waals surface area contributed by atoms with Crippen molar-refractivity contribution in [1.82, 2.24) is 25.1 Å². The van der Waals surface area contributed by atoms with Gasteiger partial charge in [0.05, 0.1) is 21.8 Å². The molecule has 3 rings (SSSR count). The SMILES string of the molecule is Cc1nc(NCCNC(=O)C(C)C)c2c(C)nn(-c3ccccc3Cl)c2n1. The van der Waals surface area contributed by atoms with E-state index in [1.807, 2.05) is 52.0 Å². The lowest BCUT2D eigenvalue weighted by Gasteiger charge is -2.11. The van der Waals surface area contributed by atoms with Crippen LogP contribution in [0.2, 0.25) is 5.02 Å². The lowest BCUT2D eigenvalue weighted by molar-refractivity contribution is -0.123. The van der Waals surface area contributed by atoms with Crippen LogP contribution in [0.1, 0.15) is 25.4 Å². The van der Waals surface area contributed by atoms with Gasteiger partial charge in [-0.05, 0) is 26.0 Å². The number of rotatable bonds is 6. The number of nitrogens with one attached hydrogen (secondary N) is 2. The number of para-hydroxylation sites is 1. The fourth-order valence-electron chi connectivity index (χ4n) is 2.78. The van der Waals surface area contributed by atoms with Crippen molar-refractivity contribution in [2.75, 3.05) is 18.4 Å². The summed E-state index contributed by atoms with van der Waals surface area (Å²) < 4.78 is 1.74. The van der Waals surface area contributed by atoms with Crippen molar-refractivity contribution >= 4 is 34.4 Å². The van der Waals surface area contributed by atoms with Crippen molar-refractivity contribution in [3.05, 3.63) is 40.8 Å². The van der Waals surface area contributed by atoms with Gasteiger partial charge < -0.3 is 10.6 Å². The minimum Gasteiger partial charge on any atom is -0.368 e. The molecule has 2 aromatic heterocycles. The predicted molar refractivity (Wildman–Crippen MR) is 107 cm³/mol. The molecule has 1 aromatic carbocycles. The van der Waals surface area contributed by atoms with Gasteiger partial charge in [0.25, 0.3) is 0 Å². The molecule has 2 heterocycles. The first-order valence-electron chi connectivity index (χ1n) is 8.89. The van der Waals surface area contributed by atoms with Crippen molar-refractivity contribution in [2.24, 2.45) is 5.92 Å². The molecule has 2 N–H and O–H groups in total. The number of anilines is 1. The van der Waals surface area contributed by atoms with Crippen LogP contribution in [0.5, 0.6) is 0 Å². The van der Waals surface area contributed by atoms with E-state index in [2.05, 4.69) is 25.7 Å². The molecule has 0 radical (unpaired) electrons. The van der Waals surface area contributed by atoms with E-state index in [4.69, 9.17) is 11.6 Å². The highest BCUT2D eigenvalue weighted by atomic mass is 35.5. The maximum atomic E-state index is 11.7. The van der Waals surface area contributed by atoms with Gasteiger partial charge in [-0.25, -0.2) is 14.6 Å². The Hall–Kier alpha value is -2.67. The molecule has 27 heavy (non-hydrogen) atoms. The molecule has 0 aliphatic carbocycles. The molecular formula is C19H23ClN6O. The van der Waals surface area contributed by atoms with Crippen molar-refractivity contribution in [3.8, 4) is 5.69 Å². The second-order valence-corrected chi connectivity index (χ2v) is 7.05. The summed E-state index contributed by atoms with van der Waals surface area (Å²) >= 11 is 6.35. The normalized spacial score (nSPS) is 11.2. The van der Waals surface area contributed by atoms with Crippen LogP contribution in [0.4, 0.5) is 5.82 Å². The molecular weight excluding hydrogens is 364 g/mol. The zero-order valence-electron chi connectivity index (χ0n) is 15.9. The Morgan fingerprint density at radius 2 is 1.93 bits per heavy atom. The summed E-state index contributed by atoms with van der Waals surface area (Å²) in [5.74, 6) is 1.33. The van der Waals surface area contributed by atoms with Crippen LogP contribution < -0.4 is 10.6 Å². The van der Waals surface area contributed by atoms with Gasteiger partial charge in [-0.2, -0.15) is 5.10 Å². The minimum absolute atomic E-state index is 0.0311. The Bertz CT molecular complexity index is 982. The van der Waals surface area contributed by atoms with Gasteiger partial charge in [0, 0.05) is 19.0 Å². The number of carbonyl (C=O) groups is 1. The third-order valence-corrected chi connectivity index (χ3v) is 4.46. The summed E-state index contributed by atoms with van der Waals surface area (Å²) in [6, 6.07) is 7.52. The minimum atomic E-state index is -0.0332. The van der Waals surface area contributed by atoms with Crippen molar-refractivity contribution in [2.45, 2.75) is 27.7 Å². The highest BCUT2D eigenvalue weighted by molar-refractivity contribution is 6.32. The highest BCUT2D eigenvalue weighted by Crippen LogP contribution is 2.28. The molecule has 142 valence electrons. The quantitative estimate of drug-likeness (QED) is 0.635. The molecule has 3 aromatic rings. The molecule has 0 unspecified atom stereocenters. The maximum Gasteiger partial charge on any atom is 0.222 e. The van der Waals surface area contributed by atoms with E-state index in [-0.39, 0.29) is 11.8 Å². The lowest BCUT2D eigenvalue weighted by Crippen LogP contribution is -2.32. The molecule has 1 amide bonds. The van der Waals surface area contributed by atoms with Crippen LogP contribution in [-0.4, -0.2) is 38.7 Å². The van der Waals surface area contributed by atoms with E-state index in [1.54, 1.807) is 4.68 Å². The summed E-state index contributed by atoms with van der Waals surface area (Å²) in [6.07, 6.45) is 0. The standard InChI is InChI=1S/C19H23ClN6O/c1-11(2)19(27)22-10-9-21-17-16-12(3)25-26(18(16)24-13(4)23-17)15-8-6-5-7-14(15)20/h5-8,11H,9-10H2,1-4H3,(H,22,27)(H,21,23,24). The molecule has 0 saturated carbocycles. The monoisotopic (exact) mass is 386 g/mol. The molecule has 0 bridgehead atoms. The number of hydrogen-bond donors (Lipinski definition) is 2. The molecule has 0 atom stereocenters. The second kappa shape index (κ2) is 7.92. The van der Waals surface area contributed by atoms with Crippen LogP contribution in [0.3, 0.4) is 0 Å². The molecule has 8 heteroatoms. The van der Waals surface area contributed by atoms with Gasteiger partial charge in [-0.1, -0.05) is 37.6 Å². The van der Waals surface area contributed by atoms with Crippen molar-refractivity contribution < 1.29 is 4.79 Å². The number of carbonyl (C=O) groups excluding carboxylic acids is 1. The van der Waals surface area contributed by atoms with Crippen LogP contribution in [0, 0.1) is 19.8 Å². The van der Waals surface area contributed by atoms with Crippen molar-refractivity contribution in [1.29, 1.82) is 0 Å². The Morgan fingerprint density at radius 3 is 2.63 bits per heavy atom. The molecule has 0 fully saturated rings. The number of aryl methyl sites for hydroxylation is 2. The molecule has 7 nitrogen and oxygen atoms in total. The number of amides is 1. The summed E-state index contributed by atoms with van der Waals surface area (Å²) in [6.45, 7) is 8.56. The average Bonchev–Trinajstić information content (AvgIpc) is 2.95. The Labute approximate surface area is 163 Å². The maximum absolute atomic E-state index is 11.7. The molecule has 0 aliphatic rings. The van der Waals surface area contributed by atoms with Crippen LogP contribution in [0.25, 0.3) is 16.7 Å². The molecule has 0 aliphatic heterocycles. The summed E-state index contributed by atoms with van der Waals surface area (Å²) in [4.78, 5) is 20.8. The second-order valence-electron chi connectivity index (χ2n) is 6.64. The van der Waals surface area contributed by atoms with Gasteiger partial charge >= 0.3 is 0 Å². The largest absolute Gasteiger partial charge is 0.368 e. The number of aromatic nitrogens is 4. The summed E-state index contributed by atoms with van der Waals surface area (Å²) in [7, 11) is 0. The van der Waals surface area contributed by atoms with Crippen LogP contribution in [-0.2, 0) is 4.79 Å². The first-order chi connectivity index (χ1) is 12.9. The van der Waals surface area contributed by atoms with E-state index in [1.165, 1.54) is 0 Å². The number of fused-ring (bicyclic) bond motifs is 1. The van der Waals surface area contributed by atoms with Crippen molar-refractivity contribution in [3.63, 3.8) is 0 Å². The molecule has 0 spiro atoms. The van der Waals surface area contributed by atoms with Crippen LogP contribution >= 0.6 is 11.6 Å². The topological polar surface area (TPSA) is 84.7 Å². The smallest absolute Gasteiger partial charge is 0.222 e. The number of hydrogen-bond acceptors (Lipinski definition) is 5. The van der Waals surface area contributed by atoms with Gasteiger partial charge in [0.15, 0.2) is 5.65 Å². The van der Waals surface area contributed by atoms with Gasteiger partial charge in [-0.15, -0.1) is 0 Å². The van der Waals surface area contributed by atoms with Gasteiger partial charge in [-0.3, -0.25) is 4.79 Å². The summed E-state index contributed by atoms with van der Waals surface area (Å²) in [5, 5.41) is 12.2. The van der Waals surface area contributed by atoms with Gasteiger partial charge in [0.1, 0.15) is 11.6 Å². The first-order valence-corrected chi connectivity index (χ1v) is 9.26. The fourth-order valence-corrected chi connectivity index (χ4v) is 3.00. The third-order valence-electron chi connectivity index (χ3n) is 4.14. The Balaban J connectivity index is 1.91. The zero-order valence-corrected chi connectivity index (χ0v) is 16.6. The van der Waals surface area contributed by atoms with Gasteiger partial charge in [0.2, 0.25) is 5.91 Å². The number of benzene rings is 1. The Kier molecular flexibility index (Phi) is 5.60. The third kappa shape index (κ3) is 4.03. The zero-order chi connectivity index (χ0) is 19.6. The number of nitrogens with zero attached hydrogens (tertiary/aromatic N) is 4. The van der Waals surface area contributed by atoms with Crippen LogP contribution in [0.15, 0.2) is 24.3 Å². The first kappa shape index (κ1) is 19.1. The average molecular weight is 387 g/mol. The molecule has 0 saturated heterocycles. The fraction of sp³-hybridized carbons (Fsp3) is 0.368. The predicted octanol–water partition coefficient (Wildman–Crippen LogP) is 3.27. The highest BCUT2D eigenvalue weighted by Gasteiger charge is 2.17. The van der Waals surface area contributed by atoms with E-state index < -0.39 is 0 Å². The lowest BCUT2D eigenvalue weighted by atomic mass is 10.2. The Morgan fingerprint density at radius 1 is 1.19 bits per heavy atom. The van der Waals surface area contributed by atoms with E-state index in [0.717, 1.165) is 16.8 Å². The van der Waals surface area contributed by atoms with E-state index in [9.17, 15) is 4.79 Å². The summed E-state index contributed by atoms with van der Waals surface area (Å²) in [5.41, 5.74) is 2.27.